The molecule has 1 heterocycles. The molecule has 1 aromatic carbocycles. The maximum absolute atomic E-state index is 11.8. The van der Waals surface area contributed by atoms with Crippen molar-refractivity contribution in [3.05, 3.63) is 47.3 Å². The number of nitrogens with two attached hydrogens (primary N) is 1. The van der Waals surface area contributed by atoms with Gasteiger partial charge in [-0.1, -0.05) is 5.16 Å². The molecule has 2 aromatic rings. The zero-order chi connectivity index (χ0) is 15.2. The van der Waals surface area contributed by atoms with Gasteiger partial charge >= 0.3 is 5.97 Å². The van der Waals surface area contributed by atoms with Crippen LogP contribution in [-0.4, -0.2) is 23.6 Å². The van der Waals surface area contributed by atoms with Crippen LogP contribution in [0.2, 0.25) is 0 Å². The van der Waals surface area contributed by atoms with Gasteiger partial charge in [0.05, 0.1) is 5.56 Å². The van der Waals surface area contributed by atoms with E-state index in [2.05, 4.69) is 5.16 Å². The number of carbonyl (C=O) groups is 2. The van der Waals surface area contributed by atoms with Gasteiger partial charge in [0.1, 0.15) is 23.8 Å². The minimum atomic E-state index is -0.568. The number of carbonyl (C=O) groups excluding carboxylic acids is 2. The topological polar surface area (TPSA) is 105 Å². The van der Waals surface area contributed by atoms with Gasteiger partial charge in [0.25, 0.3) is 5.91 Å². The average Bonchev–Trinajstić information content (AvgIpc) is 2.89. The summed E-state index contributed by atoms with van der Waals surface area (Å²) in [4.78, 5) is 22.4. The van der Waals surface area contributed by atoms with Crippen molar-refractivity contribution in [2.75, 3.05) is 6.61 Å². The van der Waals surface area contributed by atoms with E-state index in [4.69, 9.17) is 19.7 Å². The molecular weight excluding hydrogens is 276 g/mol. The first-order valence-electron chi connectivity index (χ1n) is 6.15. The fourth-order valence-corrected chi connectivity index (χ4v) is 1.55. The molecule has 0 bridgehead atoms. The number of esters is 1. The molecule has 0 saturated carbocycles. The van der Waals surface area contributed by atoms with Crippen LogP contribution in [-0.2, 0) is 16.1 Å². The maximum Gasteiger partial charge on any atom is 0.338 e. The SMILES string of the molecule is Cc1cc(COC(=O)c2ccc(OCC(N)=O)cc2)no1. The lowest BCUT2D eigenvalue weighted by Crippen LogP contribution is -2.20. The van der Waals surface area contributed by atoms with E-state index in [9.17, 15) is 9.59 Å². The molecule has 2 rings (SSSR count). The van der Waals surface area contributed by atoms with Gasteiger partial charge in [0.15, 0.2) is 6.61 Å². The number of aryl methyl sites for hydroxylation is 1. The molecule has 7 nitrogen and oxygen atoms in total. The Bertz CT molecular complexity index is 633. The predicted molar refractivity (Wildman–Crippen MR) is 71.5 cm³/mol. The highest BCUT2D eigenvalue weighted by molar-refractivity contribution is 5.89. The Kier molecular flexibility index (Phi) is 4.55. The zero-order valence-electron chi connectivity index (χ0n) is 11.4. The molecule has 2 N–H and O–H groups in total. The zero-order valence-corrected chi connectivity index (χ0v) is 11.4. The van der Waals surface area contributed by atoms with Crippen LogP contribution >= 0.6 is 0 Å². The summed E-state index contributed by atoms with van der Waals surface area (Å²) in [5, 5.41) is 3.72. The molecule has 1 aromatic heterocycles. The second-order valence-corrected chi connectivity index (χ2v) is 4.28. The number of amides is 1. The van der Waals surface area contributed by atoms with E-state index in [1.165, 1.54) is 12.1 Å². The summed E-state index contributed by atoms with van der Waals surface area (Å²) < 4.78 is 15.0. The first kappa shape index (κ1) is 14.6. The Morgan fingerprint density at radius 1 is 1.29 bits per heavy atom. The van der Waals surface area contributed by atoms with Crippen LogP contribution in [0.3, 0.4) is 0 Å². The Morgan fingerprint density at radius 3 is 2.57 bits per heavy atom. The van der Waals surface area contributed by atoms with Crippen LogP contribution in [0, 0.1) is 6.92 Å². The lowest BCUT2D eigenvalue weighted by molar-refractivity contribution is -0.119. The van der Waals surface area contributed by atoms with Crippen molar-refractivity contribution >= 4 is 11.9 Å². The van der Waals surface area contributed by atoms with E-state index in [-0.39, 0.29) is 13.2 Å². The largest absolute Gasteiger partial charge is 0.484 e. The molecule has 0 aliphatic heterocycles. The Hall–Kier alpha value is -2.83. The van der Waals surface area contributed by atoms with Crippen LogP contribution in [0.5, 0.6) is 5.75 Å². The number of aromatic nitrogens is 1. The van der Waals surface area contributed by atoms with Crippen molar-refractivity contribution in [3.63, 3.8) is 0 Å². The Balaban J connectivity index is 1.88. The van der Waals surface area contributed by atoms with Crippen LogP contribution < -0.4 is 10.5 Å². The predicted octanol–water partition coefficient (Wildman–Crippen LogP) is 1.20. The lowest BCUT2D eigenvalue weighted by Gasteiger charge is -2.05. The van der Waals surface area contributed by atoms with Crippen LogP contribution in [0.1, 0.15) is 21.8 Å². The summed E-state index contributed by atoms with van der Waals surface area (Å²) in [5.41, 5.74) is 5.87. The van der Waals surface area contributed by atoms with Crippen LogP contribution in [0.4, 0.5) is 0 Å². The first-order chi connectivity index (χ1) is 10.0. The average molecular weight is 290 g/mol. The van der Waals surface area contributed by atoms with Crippen LogP contribution in [0.25, 0.3) is 0 Å². The molecule has 0 radical (unpaired) electrons. The molecule has 7 heteroatoms. The van der Waals surface area contributed by atoms with Crippen molar-refractivity contribution in [2.24, 2.45) is 5.73 Å². The standard InChI is InChI=1S/C14H14N2O5/c1-9-6-11(16-21-9)7-20-14(18)10-2-4-12(5-3-10)19-8-13(15)17/h2-6H,7-8H2,1H3,(H2,15,17). The number of rotatable bonds is 6. The third kappa shape index (κ3) is 4.34. The van der Waals surface area contributed by atoms with E-state index in [0.717, 1.165) is 0 Å². The van der Waals surface area contributed by atoms with E-state index < -0.39 is 11.9 Å². The molecule has 0 spiro atoms. The molecule has 0 aliphatic rings. The van der Waals surface area contributed by atoms with Gasteiger partial charge in [0.2, 0.25) is 0 Å². The smallest absolute Gasteiger partial charge is 0.338 e. The lowest BCUT2D eigenvalue weighted by atomic mass is 10.2. The van der Waals surface area contributed by atoms with Crippen molar-refractivity contribution < 1.29 is 23.6 Å². The number of primary amides is 1. The second-order valence-electron chi connectivity index (χ2n) is 4.28. The fraction of sp³-hybridized carbons (Fsp3) is 0.214. The third-order valence-electron chi connectivity index (χ3n) is 2.50. The highest BCUT2D eigenvalue weighted by atomic mass is 16.5. The van der Waals surface area contributed by atoms with E-state index in [0.29, 0.717) is 22.8 Å². The van der Waals surface area contributed by atoms with Gasteiger partial charge in [-0.05, 0) is 31.2 Å². The number of hydrogen-bond acceptors (Lipinski definition) is 6. The van der Waals surface area contributed by atoms with E-state index in [1.807, 2.05) is 0 Å². The van der Waals surface area contributed by atoms with Gasteiger partial charge in [-0.25, -0.2) is 4.79 Å². The van der Waals surface area contributed by atoms with Gasteiger partial charge in [-0.2, -0.15) is 0 Å². The molecular formula is C14H14N2O5. The molecule has 110 valence electrons. The van der Waals surface area contributed by atoms with Gasteiger partial charge in [-0.15, -0.1) is 0 Å². The summed E-state index contributed by atoms with van der Waals surface area (Å²) in [7, 11) is 0. The number of benzene rings is 1. The number of hydrogen-bond donors (Lipinski definition) is 1. The summed E-state index contributed by atoms with van der Waals surface area (Å²) >= 11 is 0. The van der Waals surface area contributed by atoms with E-state index in [1.54, 1.807) is 25.1 Å². The number of ether oxygens (including phenoxy) is 2. The molecule has 1 amide bonds. The molecule has 0 aliphatic carbocycles. The van der Waals surface area contributed by atoms with Gasteiger partial charge in [-0.3, -0.25) is 4.79 Å². The summed E-state index contributed by atoms with van der Waals surface area (Å²) in [6.45, 7) is 1.58. The van der Waals surface area contributed by atoms with Crippen molar-refractivity contribution in [1.82, 2.24) is 5.16 Å². The summed E-state index contributed by atoms with van der Waals surface area (Å²) in [6.07, 6.45) is 0. The molecule has 0 atom stereocenters. The Labute approximate surface area is 120 Å². The Morgan fingerprint density at radius 2 is 2.00 bits per heavy atom. The normalized spacial score (nSPS) is 10.1. The quantitative estimate of drug-likeness (QED) is 0.801. The summed E-state index contributed by atoms with van der Waals surface area (Å²) in [5.74, 6) is 0.0352. The van der Waals surface area contributed by atoms with Crippen LogP contribution in [0.15, 0.2) is 34.9 Å². The van der Waals surface area contributed by atoms with Gasteiger partial charge < -0.3 is 19.7 Å². The first-order valence-corrected chi connectivity index (χ1v) is 6.15. The van der Waals surface area contributed by atoms with Crippen molar-refractivity contribution in [1.29, 1.82) is 0 Å². The van der Waals surface area contributed by atoms with Crippen molar-refractivity contribution in [3.8, 4) is 5.75 Å². The highest BCUT2D eigenvalue weighted by Crippen LogP contribution is 2.13. The molecule has 0 saturated heterocycles. The molecule has 0 unspecified atom stereocenters. The monoisotopic (exact) mass is 290 g/mol. The minimum Gasteiger partial charge on any atom is -0.484 e. The minimum absolute atomic E-state index is 0.0378. The van der Waals surface area contributed by atoms with Crippen molar-refractivity contribution in [2.45, 2.75) is 13.5 Å². The summed E-state index contributed by atoms with van der Waals surface area (Å²) in [6, 6.07) is 7.87. The van der Waals surface area contributed by atoms with E-state index >= 15 is 0 Å². The maximum atomic E-state index is 11.8. The van der Waals surface area contributed by atoms with Gasteiger partial charge in [0, 0.05) is 6.07 Å². The fourth-order valence-electron chi connectivity index (χ4n) is 1.55. The second kappa shape index (κ2) is 6.56. The molecule has 21 heavy (non-hydrogen) atoms. The molecule has 0 fully saturated rings. The highest BCUT2D eigenvalue weighted by Gasteiger charge is 2.09. The number of nitrogens with zero attached hydrogens (tertiary/aromatic N) is 1. The third-order valence-corrected chi connectivity index (χ3v) is 2.50.